The van der Waals surface area contributed by atoms with Gasteiger partial charge in [-0.2, -0.15) is 0 Å². The molecule has 2 atom stereocenters. The second-order valence-corrected chi connectivity index (χ2v) is 6.08. The van der Waals surface area contributed by atoms with E-state index in [0.29, 0.717) is 12.6 Å². The van der Waals surface area contributed by atoms with E-state index in [2.05, 4.69) is 19.2 Å². The van der Waals surface area contributed by atoms with E-state index < -0.39 is 0 Å². The molecule has 0 radical (unpaired) electrons. The Morgan fingerprint density at radius 1 is 1.26 bits per heavy atom. The third kappa shape index (κ3) is 3.34. The highest BCUT2D eigenvalue weighted by atomic mass is 35.5. The van der Waals surface area contributed by atoms with Crippen LogP contribution in [0.25, 0.3) is 0 Å². The SMILES string of the molecule is COc1ccc(OCCNC2CC(Cl)C2(C)C)cc1. The van der Waals surface area contributed by atoms with Gasteiger partial charge in [0.2, 0.25) is 0 Å². The van der Waals surface area contributed by atoms with Gasteiger partial charge in [0.25, 0.3) is 0 Å². The van der Waals surface area contributed by atoms with Crippen molar-refractivity contribution < 1.29 is 9.47 Å². The number of rotatable bonds is 6. The molecular weight excluding hydrogens is 262 g/mol. The normalized spacial score (nSPS) is 24.6. The fraction of sp³-hybridized carbons (Fsp3) is 0.600. The summed E-state index contributed by atoms with van der Waals surface area (Å²) in [6.07, 6.45) is 1.04. The molecule has 2 unspecified atom stereocenters. The van der Waals surface area contributed by atoms with E-state index in [1.807, 2.05) is 24.3 Å². The molecule has 1 aliphatic rings. The van der Waals surface area contributed by atoms with E-state index >= 15 is 0 Å². The number of benzene rings is 1. The second-order valence-electron chi connectivity index (χ2n) is 5.56. The van der Waals surface area contributed by atoms with Crippen LogP contribution < -0.4 is 14.8 Å². The minimum absolute atomic E-state index is 0.182. The molecule has 0 aliphatic heterocycles. The number of hydrogen-bond donors (Lipinski definition) is 1. The van der Waals surface area contributed by atoms with Gasteiger partial charge >= 0.3 is 0 Å². The summed E-state index contributed by atoms with van der Waals surface area (Å²) in [5.74, 6) is 1.71. The fourth-order valence-electron chi connectivity index (χ4n) is 2.29. The van der Waals surface area contributed by atoms with Crippen LogP contribution in [0, 0.1) is 5.41 Å². The lowest BCUT2D eigenvalue weighted by Gasteiger charge is -2.49. The van der Waals surface area contributed by atoms with Crippen LogP contribution in [0.1, 0.15) is 20.3 Å². The number of halogens is 1. The van der Waals surface area contributed by atoms with Crippen molar-refractivity contribution in [3.05, 3.63) is 24.3 Å². The Morgan fingerprint density at radius 2 is 1.89 bits per heavy atom. The van der Waals surface area contributed by atoms with Gasteiger partial charge in [0.1, 0.15) is 18.1 Å². The predicted octanol–water partition coefficient (Wildman–Crippen LogP) is 3.07. The van der Waals surface area contributed by atoms with Crippen molar-refractivity contribution in [2.45, 2.75) is 31.7 Å². The first-order chi connectivity index (χ1) is 9.04. The van der Waals surface area contributed by atoms with Gasteiger partial charge in [0, 0.05) is 18.0 Å². The van der Waals surface area contributed by atoms with Gasteiger partial charge in [0.15, 0.2) is 0 Å². The minimum atomic E-state index is 0.182. The number of hydrogen-bond acceptors (Lipinski definition) is 3. The van der Waals surface area contributed by atoms with E-state index in [1.54, 1.807) is 7.11 Å². The van der Waals surface area contributed by atoms with Crippen molar-refractivity contribution >= 4 is 11.6 Å². The quantitative estimate of drug-likeness (QED) is 0.643. The second kappa shape index (κ2) is 6.02. The molecule has 0 aromatic heterocycles. The molecule has 0 heterocycles. The van der Waals surface area contributed by atoms with Gasteiger partial charge in [-0.15, -0.1) is 11.6 Å². The molecule has 0 saturated heterocycles. The summed E-state index contributed by atoms with van der Waals surface area (Å²) >= 11 is 6.19. The summed E-state index contributed by atoms with van der Waals surface area (Å²) in [7, 11) is 1.66. The Morgan fingerprint density at radius 3 is 2.42 bits per heavy atom. The summed E-state index contributed by atoms with van der Waals surface area (Å²) in [4.78, 5) is 0. The van der Waals surface area contributed by atoms with E-state index in [0.717, 1.165) is 24.5 Å². The molecule has 106 valence electrons. The first kappa shape index (κ1) is 14.5. The fourth-order valence-corrected chi connectivity index (χ4v) is 2.62. The van der Waals surface area contributed by atoms with Crippen LogP contribution in [0.5, 0.6) is 11.5 Å². The van der Waals surface area contributed by atoms with Crippen molar-refractivity contribution in [3.8, 4) is 11.5 Å². The molecule has 3 nitrogen and oxygen atoms in total. The highest BCUT2D eigenvalue weighted by Crippen LogP contribution is 2.44. The maximum Gasteiger partial charge on any atom is 0.119 e. The number of alkyl halides is 1. The van der Waals surface area contributed by atoms with E-state index in [9.17, 15) is 0 Å². The summed E-state index contributed by atoms with van der Waals surface area (Å²) in [5, 5.41) is 3.78. The van der Waals surface area contributed by atoms with Crippen molar-refractivity contribution in [1.29, 1.82) is 0 Å². The Kier molecular flexibility index (Phi) is 4.58. The van der Waals surface area contributed by atoms with Crippen LogP contribution in [0.15, 0.2) is 24.3 Å². The largest absolute Gasteiger partial charge is 0.497 e. The van der Waals surface area contributed by atoms with Gasteiger partial charge in [0.05, 0.1) is 7.11 Å². The molecule has 1 saturated carbocycles. The zero-order chi connectivity index (χ0) is 13.9. The smallest absolute Gasteiger partial charge is 0.119 e. The van der Waals surface area contributed by atoms with Crippen LogP contribution in [-0.4, -0.2) is 31.7 Å². The average molecular weight is 284 g/mol. The molecule has 1 aromatic carbocycles. The lowest BCUT2D eigenvalue weighted by molar-refractivity contribution is 0.112. The molecule has 0 amide bonds. The Hall–Kier alpha value is -0.930. The monoisotopic (exact) mass is 283 g/mol. The van der Waals surface area contributed by atoms with E-state index in [1.165, 1.54) is 0 Å². The molecule has 1 aromatic rings. The summed E-state index contributed by atoms with van der Waals surface area (Å²) in [5.41, 5.74) is 0.182. The van der Waals surface area contributed by atoms with Gasteiger partial charge in [-0.05, 0) is 36.1 Å². The molecule has 1 aliphatic carbocycles. The van der Waals surface area contributed by atoms with E-state index in [-0.39, 0.29) is 10.8 Å². The highest BCUT2D eigenvalue weighted by molar-refractivity contribution is 6.21. The van der Waals surface area contributed by atoms with Gasteiger partial charge in [-0.3, -0.25) is 0 Å². The number of methoxy groups -OCH3 is 1. The number of ether oxygens (including phenoxy) is 2. The first-order valence-electron chi connectivity index (χ1n) is 6.68. The third-order valence-electron chi connectivity index (χ3n) is 3.97. The zero-order valence-electron chi connectivity index (χ0n) is 11.8. The molecule has 0 spiro atoms. The lowest BCUT2D eigenvalue weighted by atomic mass is 9.67. The van der Waals surface area contributed by atoms with Crippen molar-refractivity contribution in [2.24, 2.45) is 5.41 Å². The summed E-state index contributed by atoms with van der Waals surface area (Å²) in [6, 6.07) is 8.13. The molecular formula is C15H22ClNO2. The predicted molar refractivity (Wildman–Crippen MR) is 78.3 cm³/mol. The van der Waals surface area contributed by atoms with Crippen molar-refractivity contribution in [3.63, 3.8) is 0 Å². The maximum atomic E-state index is 6.19. The Bertz CT molecular complexity index is 405. The molecule has 0 bridgehead atoms. The van der Waals surface area contributed by atoms with Crippen LogP contribution in [0.2, 0.25) is 0 Å². The average Bonchev–Trinajstić information content (AvgIpc) is 2.43. The van der Waals surface area contributed by atoms with Crippen LogP contribution >= 0.6 is 11.6 Å². The summed E-state index contributed by atoms with van der Waals surface area (Å²) in [6.45, 7) is 5.90. The van der Waals surface area contributed by atoms with Gasteiger partial charge in [-0.1, -0.05) is 13.8 Å². The topological polar surface area (TPSA) is 30.5 Å². The Labute approximate surface area is 120 Å². The van der Waals surface area contributed by atoms with Gasteiger partial charge < -0.3 is 14.8 Å². The van der Waals surface area contributed by atoms with Crippen molar-refractivity contribution in [1.82, 2.24) is 5.32 Å². The molecule has 4 heteroatoms. The maximum absolute atomic E-state index is 6.19. The zero-order valence-corrected chi connectivity index (χ0v) is 12.5. The first-order valence-corrected chi connectivity index (χ1v) is 7.12. The molecule has 1 N–H and O–H groups in total. The summed E-state index contributed by atoms with van der Waals surface area (Å²) < 4.78 is 10.8. The molecule has 2 rings (SSSR count). The van der Waals surface area contributed by atoms with Crippen LogP contribution in [0.4, 0.5) is 0 Å². The standard InChI is InChI=1S/C15H22ClNO2/c1-15(2)13(16)10-14(15)17-8-9-19-12-6-4-11(18-3)5-7-12/h4-7,13-14,17H,8-10H2,1-3H3. The van der Waals surface area contributed by atoms with Crippen molar-refractivity contribution in [2.75, 3.05) is 20.3 Å². The highest BCUT2D eigenvalue weighted by Gasteiger charge is 2.46. The lowest BCUT2D eigenvalue weighted by Crippen LogP contribution is -2.58. The third-order valence-corrected chi connectivity index (χ3v) is 4.71. The van der Waals surface area contributed by atoms with Gasteiger partial charge in [-0.25, -0.2) is 0 Å². The minimum Gasteiger partial charge on any atom is -0.497 e. The Balaban J connectivity index is 1.67. The molecule has 1 fully saturated rings. The van der Waals surface area contributed by atoms with Crippen LogP contribution in [0.3, 0.4) is 0 Å². The van der Waals surface area contributed by atoms with E-state index in [4.69, 9.17) is 21.1 Å². The number of nitrogens with one attached hydrogen (secondary N) is 1. The van der Waals surface area contributed by atoms with Crippen LogP contribution in [-0.2, 0) is 0 Å². The molecule has 19 heavy (non-hydrogen) atoms.